The number of carbonyl (C=O) groups is 1. The Labute approximate surface area is 256 Å². The lowest BCUT2D eigenvalue weighted by Crippen LogP contribution is -2.60. The minimum atomic E-state index is -0.630. The van der Waals surface area contributed by atoms with Gasteiger partial charge in [-0.05, 0) is 90.0 Å². The predicted octanol–water partition coefficient (Wildman–Crippen LogP) is 5.38. The Kier molecular flexibility index (Phi) is 7.92. The Hall–Kier alpha value is -2.99. The molecule has 11 heteroatoms. The summed E-state index contributed by atoms with van der Waals surface area (Å²) >= 11 is 1.55. The lowest BCUT2D eigenvalue weighted by atomic mass is 9.53. The number of hydrogen-bond acceptors (Lipinski definition) is 8. The van der Waals surface area contributed by atoms with Crippen molar-refractivity contribution in [3.8, 4) is 0 Å². The summed E-state index contributed by atoms with van der Waals surface area (Å²) in [6, 6.07) is 15.5. The first-order chi connectivity index (χ1) is 20.9. The number of tetrazole rings is 1. The van der Waals surface area contributed by atoms with Crippen molar-refractivity contribution < 1.29 is 19.4 Å². The molecule has 10 nitrogen and oxygen atoms in total. The lowest BCUT2D eigenvalue weighted by molar-refractivity contribution is -0.268. The van der Waals surface area contributed by atoms with Gasteiger partial charge >= 0.3 is 6.03 Å². The monoisotopic (exact) mass is 604 g/mol. The van der Waals surface area contributed by atoms with E-state index in [1.165, 1.54) is 19.3 Å². The van der Waals surface area contributed by atoms with Gasteiger partial charge in [0.25, 0.3) is 0 Å². The average Bonchev–Trinajstić information content (AvgIpc) is 3.40. The number of rotatable bonds is 8. The maximum Gasteiger partial charge on any atom is 0.319 e. The fourth-order valence-corrected chi connectivity index (χ4v) is 9.25. The molecule has 1 aliphatic heterocycles. The molecule has 1 aromatic heterocycles. The Morgan fingerprint density at radius 2 is 1.77 bits per heavy atom. The number of aliphatic hydroxyl groups is 1. The quantitative estimate of drug-likeness (QED) is 0.293. The zero-order valence-corrected chi connectivity index (χ0v) is 25.5. The van der Waals surface area contributed by atoms with E-state index < -0.39 is 6.29 Å². The van der Waals surface area contributed by atoms with Gasteiger partial charge in [0.1, 0.15) is 0 Å². The summed E-state index contributed by atoms with van der Waals surface area (Å²) in [5.41, 5.74) is 3.38. The van der Waals surface area contributed by atoms with E-state index in [2.05, 4.69) is 33.1 Å². The van der Waals surface area contributed by atoms with Crippen molar-refractivity contribution in [3.63, 3.8) is 0 Å². The molecule has 3 N–H and O–H groups in total. The van der Waals surface area contributed by atoms with E-state index in [1.54, 1.807) is 16.4 Å². The zero-order valence-electron chi connectivity index (χ0n) is 24.7. The minimum absolute atomic E-state index is 0.00563. The van der Waals surface area contributed by atoms with Crippen molar-refractivity contribution in [2.75, 3.05) is 11.1 Å². The molecule has 2 amide bonds. The van der Waals surface area contributed by atoms with E-state index >= 15 is 0 Å². The molecular weight excluding hydrogens is 564 g/mol. The Bertz CT molecular complexity index is 1410. The number of amides is 2. The van der Waals surface area contributed by atoms with Gasteiger partial charge in [-0.25, -0.2) is 9.48 Å². The molecule has 1 saturated heterocycles. The Morgan fingerprint density at radius 3 is 2.42 bits per heavy atom. The topological polar surface area (TPSA) is 123 Å². The standard InChI is InChI=1S/C32H40N6O4S/c1-19-27(18-43-31-35-36-37-38(31)2)41-29(42-28(19)24-8-6-20(17-39)7-9-24)25-4-3-5-26(13-25)33-30(40)34-32-14-21-10-22(15-32)12-23(11-21)16-32/h3-9,13,19,21-23,27-29,39H,10-12,14-18H2,1-2H3,(H2,33,34,40)/t19-,21?,22?,23?,27+,28+,29+,32?/m0/s1. The highest BCUT2D eigenvalue weighted by molar-refractivity contribution is 7.99. The van der Waals surface area contributed by atoms with Crippen LogP contribution in [-0.2, 0) is 23.1 Å². The SMILES string of the molecule is C[C@H]1[C@@H](CSc2nnnn2C)O[C@@H](c2cccc(NC(=O)NC34CC5CC(CC(C5)C3)C4)c2)O[C@H]1c1ccc(CO)cc1. The summed E-state index contributed by atoms with van der Waals surface area (Å²) in [5.74, 6) is 2.98. The maximum absolute atomic E-state index is 13.3. The highest BCUT2D eigenvalue weighted by Crippen LogP contribution is 2.55. The van der Waals surface area contributed by atoms with Crippen LogP contribution in [0.25, 0.3) is 0 Å². The molecule has 8 rings (SSSR count). The molecular formula is C32H40N6O4S. The number of aliphatic hydroxyl groups excluding tert-OH is 1. The molecule has 0 radical (unpaired) electrons. The number of carbonyl (C=O) groups excluding carboxylic acids is 1. The van der Waals surface area contributed by atoms with Crippen LogP contribution in [0.3, 0.4) is 0 Å². The average molecular weight is 605 g/mol. The van der Waals surface area contributed by atoms with Crippen LogP contribution in [0.15, 0.2) is 53.7 Å². The van der Waals surface area contributed by atoms with Crippen molar-refractivity contribution >= 4 is 23.5 Å². The third-order valence-corrected chi connectivity index (χ3v) is 11.0. The first-order valence-corrected chi connectivity index (χ1v) is 16.4. The molecule has 4 atom stereocenters. The molecule has 2 aromatic carbocycles. The number of hydrogen-bond donors (Lipinski definition) is 3. The van der Waals surface area contributed by atoms with Gasteiger partial charge in [-0.15, -0.1) is 5.10 Å². The summed E-state index contributed by atoms with van der Waals surface area (Å²) in [4.78, 5) is 13.3. The fraction of sp³-hybridized carbons (Fsp3) is 0.562. The number of ether oxygens (including phenoxy) is 2. The second-order valence-electron chi connectivity index (χ2n) is 13.1. The fourth-order valence-electron chi connectivity index (χ4n) is 8.24. The molecule has 4 saturated carbocycles. The third kappa shape index (κ3) is 6.05. The maximum atomic E-state index is 13.3. The van der Waals surface area contributed by atoms with Crippen LogP contribution in [0.2, 0.25) is 0 Å². The zero-order chi connectivity index (χ0) is 29.6. The van der Waals surface area contributed by atoms with Gasteiger partial charge in [-0.1, -0.05) is 55.1 Å². The van der Waals surface area contributed by atoms with Gasteiger partial charge in [0.2, 0.25) is 5.16 Å². The van der Waals surface area contributed by atoms with E-state index in [0.717, 1.165) is 58.9 Å². The molecule has 3 aromatic rings. The second-order valence-corrected chi connectivity index (χ2v) is 14.1. The number of nitrogens with one attached hydrogen (secondary N) is 2. The van der Waals surface area contributed by atoms with Crippen LogP contribution in [0.5, 0.6) is 0 Å². The van der Waals surface area contributed by atoms with Crippen molar-refractivity contribution in [3.05, 3.63) is 65.2 Å². The van der Waals surface area contributed by atoms with Crippen molar-refractivity contribution in [1.82, 2.24) is 25.5 Å². The molecule has 2 heterocycles. The van der Waals surface area contributed by atoms with Crippen LogP contribution in [-0.4, -0.2) is 48.7 Å². The highest BCUT2D eigenvalue weighted by Gasteiger charge is 2.51. The van der Waals surface area contributed by atoms with E-state index in [1.807, 2.05) is 55.6 Å². The number of thioether (sulfide) groups is 1. The smallest absolute Gasteiger partial charge is 0.319 e. The van der Waals surface area contributed by atoms with Gasteiger partial charge in [-0.2, -0.15) is 0 Å². The van der Waals surface area contributed by atoms with Gasteiger partial charge < -0.3 is 25.2 Å². The molecule has 5 aliphatic rings. The van der Waals surface area contributed by atoms with E-state index in [9.17, 15) is 9.90 Å². The lowest BCUT2D eigenvalue weighted by Gasteiger charge is -2.56. The molecule has 4 bridgehead atoms. The molecule has 228 valence electrons. The summed E-state index contributed by atoms with van der Waals surface area (Å²) in [6.45, 7) is 2.13. The van der Waals surface area contributed by atoms with E-state index in [-0.39, 0.29) is 36.3 Å². The summed E-state index contributed by atoms with van der Waals surface area (Å²) in [7, 11) is 1.82. The number of nitrogens with zero attached hydrogens (tertiary/aromatic N) is 4. The minimum Gasteiger partial charge on any atom is -0.392 e. The molecule has 5 fully saturated rings. The van der Waals surface area contributed by atoms with Crippen LogP contribution < -0.4 is 10.6 Å². The molecule has 0 unspecified atom stereocenters. The summed E-state index contributed by atoms with van der Waals surface area (Å²) in [5, 5.41) is 28.6. The van der Waals surface area contributed by atoms with Gasteiger partial charge in [0.05, 0.1) is 18.8 Å². The van der Waals surface area contributed by atoms with Gasteiger partial charge in [0.15, 0.2) is 6.29 Å². The van der Waals surface area contributed by atoms with Crippen LogP contribution in [0.1, 0.15) is 74.5 Å². The largest absolute Gasteiger partial charge is 0.392 e. The number of aryl methyl sites for hydroxylation is 1. The molecule has 43 heavy (non-hydrogen) atoms. The normalized spacial score (nSPS) is 33.0. The first kappa shape index (κ1) is 28.8. The van der Waals surface area contributed by atoms with Crippen molar-refractivity contribution in [2.24, 2.45) is 30.7 Å². The molecule has 4 aliphatic carbocycles. The van der Waals surface area contributed by atoms with Gasteiger partial charge in [-0.3, -0.25) is 0 Å². The van der Waals surface area contributed by atoms with Crippen molar-refractivity contribution in [2.45, 2.75) is 81.2 Å². The van der Waals surface area contributed by atoms with Crippen LogP contribution >= 0.6 is 11.8 Å². The number of aromatic nitrogens is 4. The van der Waals surface area contributed by atoms with E-state index in [0.29, 0.717) is 11.4 Å². The highest BCUT2D eigenvalue weighted by atomic mass is 32.2. The van der Waals surface area contributed by atoms with Crippen molar-refractivity contribution in [1.29, 1.82) is 0 Å². The van der Waals surface area contributed by atoms with Crippen LogP contribution in [0.4, 0.5) is 10.5 Å². The number of benzene rings is 2. The van der Waals surface area contributed by atoms with E-state index in [4.69, 9.17) is 9.47 Å². The Balaban J connectivity index is 1.08. The first-order valence-electron chi connectivity index (χ1n) is 15.4. The molecule has 0 spiro atoms. The number of urea groups is 1. The predicted molar refractivity (Wildman–Crippen MR) is 162 cm³/mol. The van der Waals surface area contributed by atoms with Crippen LogP contribution in [0, 0.1) is 23.7 Å². The third-order valence-electron chi connectivity index (χ3n) is 9.91. The van der Waals surface area contributed by atoms with Gasteiger partial charge in [0, 0.05) is 35.5 Å². The summed E-state index contributed by atoms with van der Waals surface area (Å²) < 4.78 is 14.9. The second kappa shape index (κ2) is 11.8. The number of anilines is 1. The Morgan fingerprint density at radius 1 is 1.05 bits per heavy atom. The summed E-state index contributed by atoms with van der Waals surface area (Å²) in [6.07, 6.45) is 6.33.